The number of benzene rings is 1. The molecule has 1 nitrogen and oxygen atoms in total. The first-order valence-corrected chi connectivity index (χ1v) is 4.58. The molecule has 76 valence electrons. The molecule has 1 heterocycles. The summed E-state index contributed by atoms with van der Waals surface area (Å²) in [6.45, 7) is 0. The summed E-state index contributed by atoms with van der Waals surface area (Å²) >= 11 is 0. The zero-order chi connectivity index (χ0) is 10.7. The van der Waals surface area contributed by atoms with Gasteiger partial charge in [0, 0.05) is 18.8 Å². The highest BCUT2D eigenvalue weighted by Gasteiger charge is 2.04. The molecule has 2 aromatic rings. The summed E-state index contributed by atoms with van der Waals surface area (Å²) in [7, 11) is 0. The highest BCUT2D eigenvalue weighted by atomic mass is 19.1. The summed E-state index contributed by atoms with van der Waals surface area (Å²) in [5, 5.41) is 0. The van der Waals surface area contributed by atoms with Crippen molar-refractivity contribution in [2.45, 2.75) is 6.42 Å². The van der Waals surface area contributed by atoms with Crippen LogP contribution in [-0.2, 0) is 6.42 Å². The summed E-state index contributed by atoms with van der Waals surface area (Å²) in [6.07, 6.45) is 3.64. The van der Waals surface area contributed by atoms with E-state index in [0.717, 1.165) is 17.7 Å². The molecule has 0 radical (unpaired) electrons. The molecule has 1 aromatic carbocycles. The third-order valence-corrected chi connectivity index (χ3v) is 2.15. The molecular weight excluding hydrogens is 196 g/mol. The molecular formula is C12H9F2N. The van der Waals surface area contributed by atoms with Crippen LogP contribution in [0.3, 0.4) is 0 Å². The Bertz CT molecular complexity index is 454. The quantitative estimate of drug-likeness (QED) is 0.734. The van der Waals surface area contributed by atoms with Gasteiger partial charge >= 0.3 is 0 Å². The molecule has 0 N–H and O–H groups in total. The largest absolute Gasteiger partial charge is 0.265 e. The molecule has 0 saturated carbocycles. The van der Waals surface area contributed by atoms with Crippen LogP contribution in [0.5, 0.6) is 0 Å². The van der Waals surface area contributed by atoms with Crippen molar-refractivity contribution in [3.05, 3.63) is 65.5 Å². The van der Waals surface area contributed by atoms with Gasteiger partial charge in [0.1, 0.15) is 11.6 Å². The Morgan fingerprint density at radius 1 is 1.00 bits per heavy atom. The summed E-state index contributed by atoms with van der Waals surface area (Å²) < 4.78 is 26.1. The van der Waals surface area contributed by atoms with Gasteiger partial charge in [-0.1, -0.05) is 0 Å². The Morgan fingerprint density at radius 2 is 1.73 bits per heavy atom. The lowest BCUT2D eigenvalue weighted by molar-refractivity contribution is 0.588. The van der Waals surface area contributed by atoms with Gasteiger partial charge in [-0.05, 0) is 41.5 Å². The zero-order valence-corrected chi connectivity index (χ0v) is 7.95. The molecule has 0 atom stereocenters. The first-order valence-electron chi connectivity index (χ1n) is 4.58. The van der Waals surface area contributed by atoms with E-state index in [0.29, 0.717) is 12.0 Å². The molecule has 0 amide bonds. The smallest absolute Gasteiger partial charge is 0.126 e. The van der Waals surface area contributed by atoms with Crippen LogP contribution in [0.1, 0.15) is 11.1 Å². The fourth-order valence-electron chi connectivity index (χ4n) is 1.40. The van der Waals surface area contributed by atoms with E-state index in [1.165, 1.54) is 6.07 Å². The Balaban J connectivity index is 2.28. The summed E-state index contributed by atoms with van der Waals surface area (Å²) in [5.74, 6) is -0.798. The molecule has 0 bridgehead atoms. The van der Waals surface area contributed by atoms with Crippen LogP contribution in [-0.4, -0.2) is 4.98 Å². The fourth-order valence-corrected chi connectivity index (χ4v) is 1.40. The van der Waals surface area contributed by atoms with Gasteiger partial charge < -0.3 is 0 Å². The van der Waals surface area contributed by atoms with Crippen LogP contribution in [0.15, 0.2) is 42.7 Å². The van der Waals surface area contributed by atoms with Crippen molar-refractivity contribution < 1.29 is 8.78 Å². The maximum Gasteiger partial charge on any atom is 0.126 e. The van der Waals surface area contributed by atoms with Gasteiger partial charge in [-0.3, -0.25) is 4.98 Å². The number of aromatic nitrogens is 1. The van der Waals surface area contributed by atoms with Gasteiger partial charge in [0.05, 0.1) is 0 Å². The topological polar surface area (TPSA) is 12.9 Å². The Morgan fingerprint density at radius 3 is 2.47 bits per heavy atom. The van der Waals surface area contributed by atoms with Crippen LogP contribution >= 0.6 is 0 Å². The summed E-state index contributed by atoms with van der Waals surface area (Å²) in [4.78, 5) is 3.86. The monoisotopic (exact) mass is 205 g/mol. The number of rotatable bonds is 2. The maximum atomic E-state index is 13.3. The highest BCUT2D eigenvalue weighted by Crippen LogP contribution is 2.14. The Kier molecular flexibility index (Phi) is 2.72. The van der Waals surface area contributed by atoms with E-state index in [1.807, 2.05) is 0 Å². The molecule has 1 aromatic heterocycles. The minimum atomic E-state index is -0.416. The third-order valence-electron chi connectivity index (χ3n) is 2.15. The predicted molar refractivity (Wildman–Crippen MR) is 53.4 cm³/mol. The van der Waals surface area contributed by atoms with E-state index in [9.17, 15) is 8.78 Å². The molecule has 2 rings (SSSR count). The fraction of sp³-hybridized carbons (Fsp3) is 0.0833. The van der Waals surface area contributed by atoms with E-state index in [2.05, 4.69) is 4.98 Å². The SMILES string of the molecule is Fc1ccc(F)c(Cc2ccncc2)c1. The molecule has 3 heteroatoms. The van der Waals surface area contributed by atoms with Crippen molar-refractivity contribution in [3.8, 4) is 0 Å². The molecule has 0 unspecified atom stereocenters. The minimum absolute atomic E-state index is 0.362. The van der Waals surface area contributed by atoms with E-state index in [4.69, 9.17) is 0 Å². The van der Waals surface area contributed by atoms with Crippen LogP contribution in [0.4, 0.5) is 8.78 Å². The first-order chi connectivity index (χ1) is 7.25. The zero-order valence-electron chi connectivity index (χ0n) is 7.95. The second kappa shape index (κ2) is 4.17. The van der Waals surface area contributed by atoms with Gasteiger partial charge in [0.2, 0.25) is 0 Å². The molecule has 0 fully saturated rings. The number of hydrogen-bond donors (Lipinski definition) is 0. The molecule has 0 aliphatic rings. The lowest BCUT2D eigenvalue weighted by Gasteiger charge is -2.03. The van der Waals surface area contributed by atoms with Crippen molar-refractivity contribution in [2.24, 2.45) is 0 Å². The summed E-state index contributed by atoms with van der Waals surface area (Å²) in [6, 6.07) is 7.04. The second-order valence-electron chi connectivity index (χ2n) is 3.27. The molecule has 0 aliphatic carbocycles. The Hall–Kier alpha value is -1.77. The first kappa shape index (κ1) is 9.77. The van der Waals surface area contributed by atoms with Crippen LogP contribution < -0.4 is 0 Å². The molecule has 0 spiro atoms. The van der Waals surface area contributed by atoms with Crippen LogP contribution in [0.2, 0.25) is 0 Å². The molecule has 15 heavy (non-hydrogen) atoms. The average molecular weight is 205 g/mol. The highest BCUT2D eigenvalue weighted by molar-refractivity contribution is 5.26. The van der Waals surface area contributed by atoms with Crippen molar-refractivity contribution in [2.75, 3.05) is 0 Å². The number of nitrogens with zero attached hydrogens (tertiary/aromatic N) is 1. The maximum absolute atomic E-state index is 13.3. The molecule has 0 aliphatic heterocycles. The third kappa shape index (κ3) is 2.37. The average Bonchev–Trinajstić information content (AvgIpc) is 2.25. The number of hydrogen-bond acceptors (Lipinski definition) is 1. The van der Waals surface area contributed by atoms with Gasteiger partial charge in [-0.2, -0.15) is 0 Å². The molecule has 0 saturated heterocycles. The van der Waals surface area contributed by atoms with Crippen molar-refractivity contribution >= 4 is 0 Å². The predicted octanol–water partition coefficient (Wildman–Crippen LogP) is 2.95. The van der Waals surface area contributed by atoms with Crippen molar-refractivity contribution in [3.63, 3.8) is 0 Å². The Labute approximate surface area is 86.4 Å². The lowest BCUT2D eigenvalue weighted by atomic mass is 10.1. The van der Waals surface area contributed by atoms with Gasteiger partial charge in [-0.15, -0.1) is 0 Å². The van der Waals surface area contributed by atoms with Crippen LogP contribution in [0.25, 0.3) is 0 Å². The standard InChI is InChI=1S/C12H9F2N/c13-11-1-2-12(14)10(8-11)7-9-3-5-15-6-4-9/h1-6,8H,7H2. The van der Waals surface area contributed by atoms with E-state index >= 15 is 0 Å². The minimum Gasteiger partial charge on any atom is -0.265 e. The summed E-state index contributed by atoms with van der Waals surface area (Å²) in [5.41, 5.74) is 1.27. The normalized spacial score (nSPS) is 10.3. The number of halogens is 2. The van der Waals surface area contributed by atoms with Gasteiger partial charge in [-0.25, -0.2) is 8.78 Å². The lowest BCUT2D eigenvalue weighted by Crippen LogP contribution is -1.93. The van der Waals surface area contributed by atoms with E-state index < -0.39 is 5.82 Å². The van der Waals surface area contributed by atoms with Crippen molar-refractivity contribution in [1.82, 2.24) is 4.98 Å². The van der Waals surface area contributed by atoms with E-state index in [-0.39, 0.29) is 5.82 Å². The second-order valence-corrected chi connectivity index (χ2v) is 3.27. The van der Waals surface area contributed by atoms with Gasteiger partial charge in [0.25, 0.3) is 0 Å². The van der Waals surface area contributed by atoms with E-state index in [1.54, 1.807) is 24.5 Å². The van der Waals surface area contributed by atoms with Gasteiger partial charge in [0.15, 0.2) is 0 Å². The number of pyridine rings is 1. The van der Waals surface area contributed by atoms with Crippen LogP contribution in [0, 0.1) is 11.6 Å². The van der Waals surface area contributed by atoms with Crippen molar-refractivity contribution in [1.29, 1.82) is 0 Å².